The second-order valence-electron chi connectivity index (χ2n) is 19.8. The van der Waals surface area contributed by atoms with Crippen LogP contribution in [0.25, 0.3) is 88.3 Å². The third-order valence-electron chi connectivity index (χ3n) is 16.1. The van der Waals surface area contributed by atoms with Gasteiger partial charge in [0, 0.05) is 16.2 Å². The van der Waals surface area contributed by atoms with Crippen LogP contribution in [0.4, 0.5) is 0 Å². The van der Waals surface area contributed by atoms with E-state index in [4.69, 9.17) is 0 Å². The fourth-order valence-electron chi connectivity index (χ4n) is 13.1. The summed E-state index contributed by atoms with van der Waals surface area (Å²) in [5.74, 6) is 0. The van der Waals surface area contributed by atoms with Crippen molar-refractivity contribution in [2.45, 2.75) is 76.0 Å². The number of rotatable bonds is 3. The molecule has 0 bridgehead atoms. The van der Waals surface area contributed by atoms with Crippen LogP contribution < -0.4 is 0 Å². The molecule has 1 fully saturated rings. The van der Waals surface area contributed by atoms with Gasteiger partial charge in [0.25, 0.3) is 0 Å². The molecule has 0 N–H and O–H groups in total. The average molecular weight is 795 g/mol. The zero-order valence-electron chi connectivity index (χ0n) is 36.2. The van der Waals surface area contributed by atoms with Crippen LogP contribution in [0.5, 0.6) is 0 Å². The van der Waals surface area contributed by atoms with E-state index in [-0.39, 0.29) is 16.2 Å². The van der Waals surface area contributed by atoms with Gasteiger partial charge in [-0.15, -0.1) is 0 Å². The molecule has 62 heavy (non-hydrogen) atoms. The van der Waals surface area contributed by atoms with Crippen molar-refractivity contribution in [2.24, 2.45) is 0 Å². The molecular weight excluding hydrogens is 745 g/mol. The molecule has 298 valence electrons. The highest BCUT2D eigenvalue weighted by Gasteiger charge is 2.44. The molecule has 13 rings (SSSR count). The van der Waals surface area contributed by atoms with Gasteiger partial charge in [-0.25, -0.2) is 0 Å². The van der Waals surface area contributed by atoms with E-state index < -0.39 is 0 Å². The Kier molecular flexibility index (Phi) is 7.46. The van der Waals surface area contributed by atoms with Crippen LogP contribution in [-0.4, -0.2) is 0 Å². The third kappa shape index (κ3) is 4.73. The molecule has 9 aromatic rings. The maximum atomic E-state index is 2.62. The van der Waals surface area contributed by atoms with Crippen LogP contribution in [0, 0.1) is 0 Å². The molecule has 1 spiro atoms. The van der Waals surface area contributed by atoms with Gasteiger partial charge in [0.2, 0.25) is 0 Å². The Balaban J connectivity index is 1.10. The standard InChI is InChI=1S/C62H50/c1-60(2)52-24-12-10-21-48(52)59-49(22-16-26-54(59)60)58-46-20-7-6-19-45(46)57(40-29-31-44-42-18-9-13-25-53(42)62(56(44)37-40)33-14-5-15-34-62)47-32-28-38(35-50(47)58)39-27-30-43-41-17-8-11-23-51(41)61(3,4)55(43)36-39/h6-13,16-32,35-37H,5,14-15,33-34H2,1-4H3. The monoisotopic (exact) mass is 794 g/mol. The van der Waals surface area contributed by atoms with Gasteiger partial charge in [-0.3, -0.25) is 0 Å². The van der Waals surface area contributed by atoms with Crippen LogP contribution in [0.15, 0.2) is 170 Å². The fourth-order valence-corrected chi connectivity index (χ4v) is 13.1. The summed E-state index contributed by atoms with van der Waals surface area (Å²) in [5.41, 5.74) is 24.8. The average Bonchev–Trinajstić information content (AvgIpc) is 3.81. The minimum atomic E-state index is -0.0927. The lowest BCUT2D eigenvalue weighted by molar-refractivity contribution is 0.353. The lowest BCUT2D eigenvalue weighted by Crippen LogP contribution is -2.28. The summed E-state index contributed by atoms with van der Waals surface area (Å²) in [6.45, 7) is 9.58. The van der Waals surface area contributed by atoms with Crippen molar-refractivity contribution in [3.63, 3.8) is 0 Å². The van der Waals surface area contributed by atoms with E-state index in [9.17, 15) is 0 Å². The molecule has 0 aromatic heterocycles. The van der Waals surface area contributed by atoms with Gasteiger partial charge < -0.3 is 0 Å². The van der Waals surface area contributed by atoms with E-state index in [1.165, 1.54) is 148 Å². The zero-order chi connectivity index (χ0) is 41.5. The maximum absolute atomic E-state index is 2.62. The maximum Gasteiger partial charge on any atom is 0.0215 e. The summed E-state index contributed by atoms with van der Waals surface area (Å²) in [7, 11) is 0. The Morgan fingerprint density at radius 3 is 1.53 bits per heavy atom. The van der Waals surface area contributed by atoms with Gasteiger partial charge in [-0.1, -0.05) is 199 Å². The molecule has 0 unspecified atom stereocenters. The molecule has 1 saturated carbocycles. The van der Waals surface area contributed by atoms with Crippen LogP contribution in [0.3, 0.4) is 0 Å². The van der Waals surface area contributed by atoms with Crippen molar-refractivity contribution in [1.82, 2.24) is 0 Å². The number of hydrogen-bond donors (Lipinski definition) is 0. The smallest absolute Gasteiger partial charge is 0.0215 e. The highest BCUT2D eigenvalue weighted by Crippen LogP contribution is 2.59. The lowest BCUT2D eigenvalue weighted by atomic mass is 9.67. The third-order valence-corrected chi connectivity index (χ3v) is 16.1. The van der Waals surface area contributed by atoms with Crippen molar-refractivity contribution < 1.29 is 0 Å². The van der Waals surface area contributed by atoms with Crippen molar-refractivity contribution >= 4 is 21.5 Å². The molecule has 0 atom stereocenters. The number of fused-ring (bicyclic) bond motifs is 13. The zero-order valence-corrected chi connectivity index (χ0v) is 36.2. The highest BCUT2D eigenvalue weighted by atomic mass is 14.5. The van der Waals surface area contributed by atoms with E-state index >= 15 is 0 Å². The van der Waals surface area contributed by atoms with Crippen LogP contribution in [0.1, 0.15) is 93.2 Å². The second kappa shape index (κ2) is 12.8. The molecule has 0 nitrogen and oxygen atoms in total. The SMILES string of the molecule is CC1(C)c2ccccc2-c2ccc(-c3ccc4c(-c5ccc6c(c5)C5(CCCCC5)c5ccccc5-6)c5ccccc5c(-c5cccc6c5-c5ccccc5C6(C)C)c4c3)cc21. The Hall–Kier alpha value is -6.50. The van der Waals surface area contributed by atoms with Crippen LogP contribution in [-0.2, 0) is 16.2 Å². The quantitative estimate of drug-likeness (QED) is 0.156. The van der Waals surface area contributed by atoms with Gasteiger partial charge in [0.15, 0.2) is 0 Å². The molecule has 0 heterocycles. The van der Waals surface area contributed by atoms with E-state index in [1.54, 1.807) is 5.56 Å². The van der Waals surface area contributed by atoms with Crippen LogP contribution in [0.2, 0.25) is 0 Å². The molecular formula is C62H50. The predicted molar refractivity (Wildman–Crippen MR) is 262 cm³/mol. The first-order valence-electron chi connectivity index (χ1n) is 23.0. The normalized spacial score (nSPS) is 16.8. The second-order valence-corrected chi connectivity index (χ2v) is 19.8. The van der Waals surface area contributed by atoms with Crippen LogP contribution >= 0.6 is 0 Å². The van der Waals surface area contributed by atoms with Crippen molar-refractivity contribution in [3.05, 3.63) is 203 Å². The first kappa shape index (κ1) is 36.2. The summed E-state index contributed by atoms with van der Waals surface area (Å²) in [4.78, 5) is 0. The van der Waals surface area contributed by atoms with Crippen molar-refractivity contribution in [3.8, 4) is 66.8 Å². The topological polar surface area (TPSA) is 0 Å². The van der Waals surface area contributed by atoms with Crippen molar-refractivity contribution in [2.75, 3.05) is 0 Å². The molecule has 4 aliphatic rings. The molecule has 0 heteroatoms. The molecule has 4 aliphatic carbocycles. The first-order chi connectivity index (χ1) is 30.3. The van der Waals surface area contributed by atoms with E-state index in [0.717, 1.165) is 0 Å². The van der Waals surface area contributed by atoms with Crippen molar-refractivity contribution in [1.29, 1.82) is 0 Å². The molecule has 0 aliphatic heterocycles. The molecule has 0 saturated heterocycles. The van der Waals surface area contributed by atoms with E-state index in [2.05, 4.69) is 198 Å². The van der Waals surface area contributed by atoms with Gasteiger partial charge in [0.05, 0.1) is 0 Å². The number of hydrogen-bond acceptors (Lipinski definition) is 0. The predicted octanol–water partition coefficient (Wildman–Crippen LogP) is 16.8. The number of benzene rings is 9. The van der Waals surface area contributed by atoms with Gasteiger partial charge in [-0.05, 0) is 153 Å². The van der Waals surface area contributed by atoms with E-state index in [0.29, 0.717) is 0 Å². The Bertz CT molecular complexity index is 3380. The molecule has 0 amide bonds. The Morgan fingerprint density at radius 2 is 0.774 bits per heavy atom. The minimum Gasteiger partial charge on any atom is -0.0619 e. The Morgan fingerprint density at radius 1 is 0.290 bits per heavy atom. The molecule has 9 aromatic carbocycles. The minimum absolute atomic E-state index is 0.0684. The summed E-state index contributed by atoms with van der Waals surface area (Å²) in [6.07, 6.45) is 6.36. The fraction of sp³-hybridized carbons (Fsp3) is 0.194. The van der Waals surface area contributed by atoms with Gasteiger partial charge in [-0.2, -0.15) is 0 Å². The largest absolute Gasteiger partial charge is 0.0619 e. The summed E-state index contributed by atoms with van der Waals surface area (Å²) in [5, 5.41) is 5.25. The summed E-state index contributed by atoms with van der Waals surface area (Å²) < 4.78 is 0. The van der Waals surface area contributed by atoms with Gasteiger partial charge in [0.1, 0.15) is 0 Å². The summed E-state index contributed by atoms with van der Waals surface area (Å²) in [6, 6.07) is 65.9. The first-order valence-corrected chi connectivity index (χ1v) is 23.0. The summed E-state index contributed by atoms with van der Waals surface area (Å²) >= 11 is 0. The Labute approximate surface area is 365 Å². The van der Waals surface area contributed by atoms with E-state index in [1.807, 2.05) is 0 Å². The lowest BCUT2D eigenvalue weighted by Gasteiger charge is -2.36. The molecule has 0 radical (unpaired) electrons. The van der Waals surface area contributed by atoms with Gasteiger partial charge >= 0.3 is 0 Å². The highest BCUT2D eigenvalue weighted by molar-refractivity contribution is 6.23.